The minimum atomic E-state index is -1.02. The normalized spacial score (nSPS) is 19.4. The Morgan fingerprint density at radius 3 is 2.50 bits per heavy atom. The van der Waals surface area contributed by atoms with Gasteiger partial charge in [0.15, 0.2) is 11.6 Å². The lowest BCUT2D eigenvalue weighted by molar-refractivity contribution is -0.129. The molecule has 2 amide bonds. The summed E-state index contributed by atoms with van der Waals surface area (Å²) in [5.41, 5.74) is 1.90. The Labute approximate surface area is 161 Å². The Morgan fingerprint density at radius 1 is 1.00 bits per heavy atom. The van der Waals surface area contributed by atoms with E-state index in [1.54, 1.807) is 0 Å². The number of hydrogen-bond acceptors (Lipinski definition) is 3. The van der Waals surface area contributed by atoms with Crippen molar-refractivity contribution in [2.24, 2.45) is 5.92 Å². The number of hydrogen-bond donors (Lipinski definition) is 1. The number of carbonyl (C=O) groups is 2. The molecule has 0 saturated carbocycles. The second kappa shape index (κ2) is 7.58. The van der Waals surface area contributed by atoms with Crippen LogP contribution in [-0.2, 0) is 9.59 Å². The Bertz CT molecular complexity index is 912. The lowest BCUT2D eigenvalue weighted by atomic mass is 10.1. The van der Waals surface area contributed by atoms with Gasteiger partial charge in [0.05, 0.1) is 11.4 Å². The van der Waals surface area contributed by atoms with Crippen LogP contribution in [0.5, 0.6) is 0 Å². The average Bonchev–Trinajstić information content (AvgIpc) is 3.34. The van der Waals surface area contributed by atoms with Crippen LogP contribution in [0.1, 0.15) is 19.3 Å². The average molecular weight is 385 g/mol. The van der Waals surface area contributed by atoms with Gasteiger partial charge in [0.2, 0.25) is 11.8 Å². The first-order valence-corrected chi connectivity index (χ1v) is 9.46. The van der Waals surface area contributed by atoms with Crippen molar-refractivity contribution in [3.63, 3.8) is 0 Å². The summed E-state index contributed by atoms with van der Waals surface area (Å²) in [6.07, 6.45) is 2.56. The molecule has 0 spiro atoms. The highest BCUT2D eigenvalue weighted by Gasteiger charge is 2.38. The predicted molar refractivity (Wildman–Crippen MR) is 103 cm³/mol. The molecule has 146 valence electrons. The fourth-order valence-corrected chi connectivity index (χ4v) is 3.87. The van der Waals surface area contributed by atoms with Crippen molar-refractivity contribution in [3.8, 4) is 0 Å². The second-order valence-corrected chi connectivity index (χ2v) is 7.13. The van der Waals surface area contributed by atoms with Crippen LogP contribution in [0, 0.1) is 17.6 Å². The minimum Gasteiger partial charge on any atom is -0.370 e. The summed E-state index contributed by atoms with van der Waals surface area (Å²) in [7, 11) is 0. The van der Waals surface area contributed by atoms with Gasteiger partial charge >= 0.3 is 0 Å². The number of nitrogens with zero attached hydrogens (tertiary/aromatic N) is 2. The number of carbonyl (C=O) groups excluding carboxylic acids is 2. The summed E-state index contributed by atoms with van der Waals surface area (Å²) >= 11 is 0. The Hall–Kier alpha value is -2.96. The van der Waals surface area contributed by atoms with Crippen molar-refractivity contribution < 1.29 is 18.4 Å². The van der Waals surface area contributed by atoms with E-state index in [-0.39, 0.29) is 18.1 Å². The lowest BCUT2D eigenvalue weighted by Gasteiger charge is -2.22. The van der Waals surface area contributed by atoms with Gasteiger partial charge in [-0.15, -0.1) is 0 Å². The third-order valence-corrected chi connectivity index (χ3v) is 5.35. The molecule has 0 aromatic heterocycles. The van der Waals surface area contributed by atoms with Crippen LogP contribution in [0.4, 0.5) is 25.8 Å². The molecule has 2 aliphatic rings. The van der Waals surface area contributed by atoms with Gasteiger partial charge in [0.25, 0.3) is 0 Å². The molecule has 2 aromatic carbocycles. The molecule has 0 bridgehead atoms. The van der Waals surface area contributed by atoms with Crippen LogP contribution >= 0.6 is 0 Å². The van der Waals surface area contributed by atoms with Crippen LogP contribution in [0.25, 0.3) is 0 Å². The van der Waals surface area contributed by atoms with Gasteiger partial charge in [0.1, 0.15) is 5.92 Å². The highest BCUT2D eigenvalue weighted by atomic mass is 19.2. The van der Waals surface area contributed by atoms with E-state index in [0.29, 0.717) is 12.1 Å². The van der Waals surface area contributed by atoms with Crippen molar-refractivity contribution in [2.45, 2.75) is 19.3 Å². The van der Waals surface area contributed by atoms with Crippen LogP contribution in [0.15, 0.2) is 42.5 Å². The Morgan fingerprint density at radius 2 is 1.75 bits per heavy atom. The molecule has 1 N–H and O–H groups in total. The van der Waals surface area contributed by atoms with Crippen molar-refractivity contribution in [1.82, 2.24) is 0 Å². The first kappa shape index (κ1) is 18.4. The van der Waals surface area contributed by atoms with Gasteiger partial charge in [0, 0.05) is 31.4 Å². The van der Waals surface area contributed by atoms with Crippen molar-refractivity contribution in [2.75, 3.05) is 34.8 Å². The Balaban J connectivity index is 1.49. The fraction of sp³-hybridized carbons (Fsp3) is 0.333. The van der Waals surface area contributed by atoms with Crippen LogP contribution in [0.2, 0.25) is 0 Å². The number of halogens is 2. The van der Waals surface area contributed by atoms with Crippen LogP contribution in [-0.4, -0.2) is 31.4 Å². The molecular weight excluding hydrogens is 364 g/mol. The van der Waals surface area contributed by atoms with Crippen molar-refractivity contribution >= 4 is 28.9 Å². The number of para-hydroxylation sites is 2. The van der Waals surface area contributed by atoms with Gasteiger partial charge < -0.3 is 15.1 Å². The lowest BCUT2D eigenvalue weighted by Crippen LogP contribution is -2.33. The predicted octanol–water partition coefficient (Wildman–Crippen LogP) is 3.56. The summed E-state index contributed by atoms with van der Waals surface area (Å²) < 4.78 is 26.6. The van der Waals surface area contributed by atoms with Gasteiger partial charge in [-0.25, -0.2) is 8.78 Å². The molecule has 2 saturated heterocycles. The molecule has 2 aliphatic heterocycles. The van der Waals surface area contributed by atoms with E-state index < -0.39 is 23.5 Å². The zero-order valence-electron chi connectivity index (χ0n) is 15.3. The topological polar surface area (TPSA) is 52.7 Å². The highest BCUT2D eigenvalue weighted by molar-refractivity contribution is 6.13. The second-order valence-electron chi connectivity index (χ2n) is 7.13. The highest BCUT2D eigenvalue weighted by Crippen LogP contribution is 2.31. The smallest absolute Gasteiger partial charge is 0.239 e. The first-order valence-electron chi connectivity index (χ1n) is 9.46. The standard InChI is InChI=1S/C21H21F2N3O2/c22-16-8-7-14(13-17(16)23)26-12-9-15(21(26)28)20(27)24-18-5-1-2-6-19(18)25-10-3-4-11-25/h1-2,5-8,13,15H,3-4,9-12H2,(H,24,27). The van der Waals surface area contributed by atoms with Gasteiger partial charge in [-0.2, -0.15) is 0 Å². The molecule has 1 atom stereocenters. The maximum atomic E-state index is 13.5. The van der Waals surface area contributed by atoms with E-state index >= 15 is 0 Å². The van der Waals surface area contributed by atoms with E-state index in [4.69, 9.17) is 0 Å². The van der Waals surface area contributed by atoms with Gasteiger partial charge in [-0.3, -0.25) is 9.59 Å². The number of rotatable bonds is 4. The Kier molecular flexibility index (Phi) is 4.98. The first-order chi connectivity index (χ1) is 13.5. The zero-order chi connectivity index (χ0) is 19.7. The van der Waals surface area contributed by atoms with E-state index in [1.165, 1.54) is 11.0 Å². The maximum Gasteiger partial charge on any atom is 0.239 e. The number of benzene rings is 2. The third-order valence-electron chi connectivity index (χ3n) is 5.35. The van der Waals surface area contributed by atoms with Crippen LogP contribution in [0.3, 0.4) is 0 Å². The van der Waals surface area contributed by atoms with Crippen LogP contribution < -0.4 is 15.1 Å². The molecule has 2 fully saturated rings. The summed E-state index contributed by atoms with van der Waals surface area (Å²) in [6.45, 7) is 2.17. The molecule has 5 nitrogen and oxygen atoms in total. The largest absolute Gasteiger partial charge is 0.370 e. The molecule has 2 heterocycles. The van der Waals surface area contributed by atoms with Crippen molar-refractivity contribution in [1.29, 1.82) is 0 Å². The molecule has 2 aromatic rings. The maximum absolute atomic E-state index is 13.5. The summed E-state index contributed by atoms with van der Waals surface area (Å²) in [5, 5.41) is 2.89. The van der Waals surface area contributed by atoms with E-state index in [0.717, 1.165) is 43.8 Å². The number of nitrogens with one attached hydrogen (secondary N) is 1. The summed E-state index contributed by atoms with van der Waals surface area (Å²) in [5.74, 6) is -3.61. The van der Waals surface area contributed by atoms with Gasteiger partial charge in [-0.05, 0) is 43.5 Å². The third kappa shape index (κ3) is 3.44. The fourth-order valence-electron chi connectivity index (χ4n) is 3.87. The molecular formula is C21H21F2N3O2. The quantitative estimate of drug-likeness (QED) is 0.819. The van der Waals surface area contributed by atoms with Gasteiger partial charge in [-0.1, -0.05) is 12.1 Å². The summed E-state index contributed by atoms with van der Waals surface area (Å²) in [6, 6.07) is 10.9. The molecule has 7 heteroatoms. The molecule has 0 radical (unpaired) electrons. The van der Waals surface area contributed by atoms with E-state index in [2.05, 4.69) is 10.2 Å². The number of amides is 2. The number of anilines is 3. The molecule has 1 unspecified atom stereocenters. The molecule has 4 rings (SSSR count). The molecule has 0 aliphatic carbocycles. The van der Waals surface area contributed by atoms with Crippen molar-refractivity contribution in [3.05, 3.63) is 54.1 Å². The van der Waals surface area contributed by atoms with E-state index in [1.807, 2.05) is 24.3 Å². The zero-order valence-corrected chi connectivity index (χ0v) is 15.3. The monoisotopic (exact) mass is 385 g/mol. The molecule has 28 heavy (non-hydrogen) atoms. The minimum absolute atomic E-state index is 0.261. The summed E-state index contributed by atoms with van der Waals surface area (Å²) in [4.78, 5) is 29.0. The SMILES string of the molecule is O=C(Nc1ccccc1N1CCCC1)C1CCN(c2ccc(F)c(F)c2)C1=O. The van der Waals surface area contributed by atoms with E-state index in [9.17, 15) is 18.4 Å².